The molecule has 3 heteroatoms. The zero-order valence-corrected chi connectivity index (χ0v) is 10.2. The molecule has 0 aliphatic carbocycles. The molecule has 1 unspecified atom stereocenters. The second-order valence-corrected chi connectivity index (χ2v) is 4.48. The summed E-state index contributed by atoms with van der Waals surface area (Å²) in [5.74, 6) is 0. The van der Waals surface area contributed by atoms with E-state index >= 15 is 0 Å². The molecule has 88 valence electrons. The summed E-state index contributed by atoms with van der Waals surface area (Å²) in [4.78, 5) is 7.03. The van der Waals surface area contributed by atoms with Crippen LogP contribution in [0.4, 0.5) is 0 Å². The van der Waals surface area contributed by atoms with Gasteiger partial charge in [0.1, 0.15) is 0 Å². The van der Waals surface area contributed by atoms with E-state index in [1.165, 1.54) is 12.1 Å². The van der Waals surface area contributed by atoms with Crippen molar-refractivity contribution in [2.75, 3.05) is 19.6 Å². The number of pyridine rings is 1. The Morgan fingerprint density at radius 3 is 2.81 bits per heavy atom. The van der Waals surface area contributed by atoms with Crippen molar-refractivity contribution in [2.24, 2.45) is 0 Å². The molecule has 0 saturated carbocycles. The number of hydrogen-bond donors (Lipinski definition) is 1. The lowest BCUT2D eigenvalue weighted by Gasteiger charge is -2.41. The second kappa shape index (κ2) is 5.41. The minimum Gasteiger partial charge on any atom is -0.314 e. The molecule has 0 spiro atoms. The average Bonchev–Trinajstić information content (AvgIpc) is 2.26. The maximum absolute atomic E-state index is 4.46. The van der Waals surface area contributed by atoms with Crippen LogP contribution in [-0.2, 0) is 0 Å². The van der Waals surface area contributed by atoms with Gasteiger partial charge < -0.3 is 5.32 Å². The van der Waals surface area contributed by atoms with E-state index in [-0.39, 0.29) is 0 Å². The van der Waals surface area contributed by atoms with Gasteiger partial charge in [-0.1, -0.05) is 13.0 Å². The summed E-state index contributed by atoms with van der Waals surface area (Å²) in [6, 6.07) is 7.29. The van der Waals surface area contributed by atoms with E-state index in [0.717, 1.165) is 19.6 Å². The summed E-state index contributed by atoms with van der Waals surface area (Å²) in [6.45, 7) is 7.90. The molecule has 0 bridgehead atoms. The Morgan fingerprint density at radius 2 is 2.31 bits per heavy atom. The Kier molecular flexibility index (Phi) is 3.91. The molecule has 2 rings (SSSR count). The summed E-state index contributed by atoms with van der Waals surface area (Å²) in [5.41, 5.74) is 1.18. The van der Waals surface area contributed by atoms with Crippen LogP contribution in [0.15, 0.2) is 24.4 Å². The van der Waals surface area contributed by atoms with E-state index in [0.29, 0.717) is 12.1 Å². The zero-order chi connectivity index (χ0) is 11.4. The van der Waals surface area contributed by atoms with E-state index < -0.39 is 0 Å². The molecule has 1 aromatic heterocycles. The molecule has 1 saturated heterocycles. The van der Waals surface area contributed by atoms with Gasteiger partial charge in [0.15, 0.2) is 0 Å². The highest BCUT2D eigenvalue weighted by Crippen LogP contribution is 2.22. The van der Waals surface area contributed by atoms with Crippen LogP contribution in [0.5, 0.6) is 0 Å². The molecule has 1 fully saturated rings. The van der Waals surface area contributed by atoms with Crippen molar-refractivity contribution in [3.05, 3.63) is 30.1 Å². The van der Waals surface area contributed by atoms with Crippen LogP contribution in [0.3, 0.4) is 0 Å². The summed E-state index contributed by atoms with van der Waals surface area (Å²) >= 11 is 0. The van der Waals surface area contributed by atoms with Crippen LogP contribution in [0.25, 0.3) is 0 Å². The first-order chi connectivity index (χ1) is 7.83. The number of nitrogens with one attached hydrogen (secondary N) is 1. The second-order valence-electron chi connectivity index (χ2n) is 4.48. The third kappa shape index (κ3) is 2.42. The third-order valence-corrected chi connectivity index (χ3v) is 3.32. The van der Waals surface area contributed by atoms with Crippen molar-refractivity contribution in [3.63, 3.8) is 0 Å². The fourth-order valence-corrected chi connectivity index (χ4v) is 2.25. The molecule has 2 heterocycles. The van der Waals surface area contributed by atoms with Crippen LogP contribution in [-0.4, -0.2) is 35.6 Å². The Balaban J connectivity index is 2.07. The highest BCUT2D eigenvalue weighted by atomic mass is 15.3. The molecular weight excluding hydrogens is 198 g/mol. The molecule has 1 atom stereocenters. The minimum atomic E-state index is 0.424. The molecular formula is C13H21N3. The van der Waals surface area contributed by atoms with Crippen molar-refractivity contribution in [1.82, 2.24) is 15.2 Å². The zero-order valence-electron chi connectivity index (χ0n) is 10.2. The molecule has 0 aromatic carbocycles. The smallest absolute Gasteiger partial charge is 0.0572 e. The summed E-state index contributed by atoms with van der Waals surface area (Å²) in [5, 5.41) is 3.34. The van der Waals surface area contributed by atoms with Gasteiger partial charge in [0.05, 0.1) is 5.69 Å². The number of hydrogen-bond acceptors (Lipinski definition) is 3. The lowest BCUT2D eigenvalue weighted by molar-refractivity contribution is 0.101. The molecule has 1 aliphatic heterocycles. The van der Waals surface area contributed by atoms with Crippen LogP contribution in [0.1, 0.15) is 32.0 Å². The Bertz CT molecular complexity index is 308. The van der Waals surface area contributed by atoms with Crippen molar-refractivity contribution < 1.29 is 0 Å². The highest BCUT2D eigenvalue weighted by Gasteiger charge is 2.28. The predicted molar refractivity (Wildman–Crippen MR) is 66.3 cm³/mol. The van der Waals surface area contributed by atoms with Crippen molar-refractivity contribution in [1.29, 1.82) is 0 Å². The SMILES string of the molecule is CCCN(C1CNC1)C(C)c1ccccn1. The lowest BCUT2D eigenvalue weighted by Crippen LogP contribution is -2.57. The lowest BCUT2D eigenvalue weighted by atomic mass is 10.1. The predicted octanol–water partition coefficient (Wildman–Crippen LogP) is 1.83. The normalized spacial score (nSPS) is 18.4. The van der Waals surface area contributed by atoms with Crippen LogP contribution < -0.4 is 5.32 Å². The Hall–Kier alpha value is -0.930. The van der Waals surface area contributed by atoms with E-state index in [9.17, 15) is 0 Å². The van der Waals surface area contributed by atoms with E-state index in [2.05, 4.69) is 41.2 Å². The molecule has 0 radical (unpaired) electrons. The van der Waals surface area contributed by atoms with Gasteiger partial charge >= 0.3 is 0 Å². The van der Waals surface area contributed by atoms with E-state index in [1.54, 1.807) is 0 Å². The highest BCUT2D eigenvalue weighted by molar-refractivity contribution is 5.09. The molecule has 3 nitrogen and oxygen atoms in total. The molecule has 1 aliphatic rings. The number of rotatable bonds is 5. The van der Waals surface area contributed by atoms with Crippen LogP contribution in [0.2, 0.25) is 0 Å². The Morgan fingerprint density at radius 1 is 1.50 bits per heavy atom. The molecule has 0 amide bonds. The topological polar surface area (TPSA) is 28.2 Å². The largest absolute Gasteiger partial charge is 0.314 e. The molecule has 1 aromatic rings. The summed E-state index contributed by atoms with van der Waals surface area (Å²) in [6.07, 6.45) is 3.09. The first kappa shape index (κ1) is 11.6. The standard InChI is InChI=1S/C13H21N3/c1-3-8-16(12-9-14-10-12)11(2)13-6-4-5-7-15-13/h4-7,11-12,14H,3,8-10H2,1-2H3. The summed E-state index contributed by atoms with van der Waals surface area (Å²) < 4.78 is 0. The van der Waals surface area contributed by atoms with Crippen LogP contribution >= 0.6 is 0 Å². The van der Waals surface area contributed by atoms with Gasteiger partial charge in [0, 0.05) is 31.4 Å². The van der Waals surface area contributed by atoms with Crippen molar-refractivity contribution in [2.45, 2.75) is 32.4 Å². The van der Waals surface area contributed by atoms with Gasteiger partial charge in [0.2, 0.25) is 0 Å². The van der Waals surface area contributed by atoms with Crippen molar-refractivity contribution in [3.8, 4) is 0 Å². The third-order valence-electron chi connectivity index (χ3n) is 3.32. The minimum absolute atomic E-state index is 0.424. The van der Waals surface area contributed by atoms with Gasteiger partial charge in [-0.15, -0.1) is 0 Å². The maximum Gasteiger partial charge on any atom is 0.0572 e. The number of aromatic nitrogens is 1. The first-order valence-corrected chi connectivity index (χ1v) is 6.20. The van der Waals surface area contributed by atoms with Gasteiger partial charge in [-0.3, -0.25) is 9.88 Å². The van der Waals surface area contributed by atoms with Crippen LogP contribution in [0, 0.1) is 0 Å². The number of nitrogens with zero attached hydrogens (tertiary/aromatic N) is 2. The van der Waals surface area contributed by atoms with Gasteiger partial charge in [-0.05, 0) is 32.0 Å². The average molecular weight is 219 g/mol. The fraction of sp³-hybridized carbons (Fsp3) is 0.615. The van der Waals surface area contributed by atoms with Gasteiger partial charge in [0.25, 0.3) is 0 Å². The quantitative estimate of drug-likeness (QED) is 0.819. The van der Waals surface area contributed by atoms with E-state index in [1.807, 2.05) is 12.3 Å². The first-order valence-electron chi connectivity index (χ1n) is 6.20. The summed E-state index contributed by atoms with van der Waals surface area (Å²) in [7, 11) is 0. The maximum atomic E-state index is 4.46. The fourth-order valence-electron chi connectivity index (χ4n) is 2.25. The van der Waals surface area contributed by atoms with Gasteiger partial charge in [-0.2, -0.15) is 0 Å². The molecule has 16 heavy (non-hydrogen) atoms. The monoisotopic (exact) mass is 219 g/mol. The molecule has 1 N–H and O–H groups in total. The van der Waals surface area contributed by atoms with Crippen molar-refractivity contribution >= 4 is 0 Å². The Labute approximate surface area is 97.9 Å². The van der Waals surface area contributed by atoms with E-state index in [4.69, 9.17) is 0 Å². The van der Waals surface area contributed by atoms with Gasteiger partial charge in [-0.25, -0.2) is 0 Å².